The number of amides is 4. The number of carbonyl (C=O) groups excluding carboxylic acids is 4. The molecule has 1 N–H and O–H groups in total. The number of hydrogen-bond donors (Lipinski definition) is 1. The molecule has 0 aromatic rings. The van der Waals surface area contributed by atoms with Gasteiger partial charge in [0, 0.05) is 39.0 Å². The molecular formula is C48H85N3O4. The minimum Gasteiger partial charge on any atom is -0.313 e. The first-order chi connectivity index (χ1) is 27.0. The van der Waals surface area contributed by atoms with E-state index in [0.717, 1.165) is 25.7 Å². The maximum absolute atomic E-state index is 12.9. The predicted molar refractivity (Wildman–Crippen MR) is 231 cm³/mol. The molecule has 0 radical (unpaired) electrons. The fourth-order valence-electron chi connectivity index (χ4n) is 8.13. The molecular weight excluding hydrogens is 683 g/mol. The zero-order chi connectivity index (χ0) is 39.6. The average Bonchev–Trinajstić information content (AvgIpc) is 3.61. The van der Waals surface area contributed by atoms with Crippen molar-refractivity contribution >= 4 is 23.6 Å². The third-order valence-electron chi connectivity index (χ3n) is 11.8. The van der Waals surface area contributed by atoms with E-state index in [4.69, 9.17) is 0 Å². The summed E-state index contributed by atoms with van der Waals surface area (Å²) in [4.78, 5) is 53.6. The van der Waals surface area contributed by atoms with Crippen molar-refractivity contribution in [3.63, 3.8) is 0 Å². The number of likely N-dealkylation sites (tertiary alicyclic amines) is 2. The molecule has 2 aliphatic rings. The Labute approximate surface area is 338 Å². The summed E-state index contributed by atoms with van der Waals surface area (Å²) in [5, 5.41) is 3.23. The number of allylic oxidation sites excluding steroid dienone is 2. The van der Waals surface area contributed by atoms with E-state index < -0.39 is 0 Å². The van der Waals surface area contributed by atoms with Crippen molar-refractivity contribution in [1.82, 2.24) is 15.1 Å². The van der Waals surface area contributed by atoms with Crippen molar-refractivity contribution in [3.8, 4) is 0 Å². The van der Waals surface area contributed by atoms with Crippen molar-refractivity contribution in [2.45, 2.75) is 219 Å². The van der Waals surface area contributed by atoms with Crippen LogP contribution in [0.25, 0.3) is 0 Å². The van der Waals surface area contributed by atoms with Crippen LogP contribution < -0.4 is 5.32 Å². The summed E-state index contributed by atoms with van der Waals surface area (Å²) >= 11 is 0. The van der Waals surface area contributed by atoms with Gasteiger partial charge in [-0.1, -0.05) is 205 Å². The summed E-state index contributed by atoms with van der Waals surface area (Å²) in [5.41, 5.74) is 0. The monoisotopic (exact) mass is 768 g/mol. The lowest BCUT2D eigenvalue weighted by Crippen LogP contribution is -2.40. The Morgan fingerprint density at radius 1 is 0.436 bits per heavy atom. The van der Waals surface area contributed by atoms with Gasteiger partial charge in [0.2, 0.25) is 23.6 Å². The number of carbonyl (C=O) groups is 4. The van der Waals surface area contributed by atoms with Crippen molar-refractivity contribution in [3.05, 3.63) is 24.3 Å². The third kappa shape index (κ3) is 23.5. The van der Waals surface area contributed by atoms with Gasteiger partial charge in [0.05, 0.1) is 11.8 Å². The molecule has 7 heteroatoms. The summed E-state index contributed by atoms with van der Waals surface area (Å²) < 4.78 is 0. The van der Waals surface area contributed by atoms with Crippen LogP contribution in [0.5, 0.6) is 0 Å². The first-order valence-electron chi connectivity index (χ1n) is 23.7. The van der Waals surface area contributed by atoms with Gasteiger partial charge in [-0.25, -0.2) is 0 Å². The minimum atomic E-state index is -0.349. The highest BCUT2D eigenvalue weighted by molar-refractivity contribution is 6.05. The Kier molecular flexibility index (Phi) is 30.1. The molecule has 4 amide bonds. The number of nitrogens with zero attached hydrogens (tertiary/aromatic N) is 2. The molecule has 0 spiro atoms. The minimum absolute atomic E-state index is 0.113. The molecule has 2 saturated heterocycles. The molecule has 0 aliphatic carbocycles. The highest BCUT2D eigenvalue weighted by Crippen LogP contribution is 2.23. The van der Waals surface area contributed by atoms with E-state index >= 15 is 0 Å². The zero-order valence-corrected chi connectivity index (χ0v) is 35.9. The third-order valence-corrected chi connectivity index (χ3v) is 11.8. The van der Waals surface area contributed by atoms with E-state index in [1.165, 1.54) is 177 Å². The van der Waals surface area contributed by atoms with E-state index in [1.807, 2.05) is 12.2 Å². The fraction of sp³-hybridized carbons (Fsp3) is 0.833. The summed E-state index contributed by atoms with van der Waals surface area (Å²) in [7, 11) is 0. The van der Waals surface area contributed by atoms with E-state index in [9.17, 15) is 19.2 Å². The second kappa shape index (κ2) is 33.8. The second-order valence-electron chi connectivity index (χ2n) is 16.8. The van der Waals surface area contributed by atoms with E-state index in [-0.39, 0.29) is 48.3 Å². The molecule has 2 atom stereocenters. The molecule has 316 valence electrons. The van der Waals surface area contributed by atoms with Crippen molar-refractivity contribution in [1.29, 1.82) is 0 Å². The molecule has 7 nitrogen and oxygen atoms in total. The van der Waals surface area contributed by atoms with Gasteiger partial charge >= 0.3 is 0 Å². The van der Waals surface area contributed by atoms with E-state index in [0.29, 0.717) is 26.2 Å². The van der Waals surface area contributed by atoms with Gasteiger partial charge in [0.25, 0.3) is 0 Å². The van der Waals surface area contributed by atoms with Crippen LogP contribution in [0, 0.1) is 11.8 Å². The van der Waals surface area contributed by atoms with Crippen LogP contribution in [-0.2, 0) is 19.2 Å². The van der Waals surface area contributed by atoms with Gasteiger partial charge in [-0.05, 0) is 25.7 Å². The van der Waals surface area contributed by atoms with Crippen LogP contribution in [0.15, 0.2) is 24.3 Å². The number of nitrogens with one attached hydrogen (secondary N) is 1. The summed E-state index contributed by atoms with van der Waals surface area (Å²) in [6, 6.07) is 0. The zero-order valence-electron chi connectivity index (χ0n) is 35.9. The molecule has 2 rings (SSSR count). The van der Waals surface area contributed by atoms with Crippen LogP contribution >= 0.6 is 0 Å². The molecule has 2 unspecified atom stereocenters. The molecule has 0 aromatic heterocycles. The number of hydrogen-bond acceptors (Lipinski definition) is 5. The molecule has 2 aliphatic heterocycles. The lowest BCUT2D eigenvalue weighted by atomic mass is 10.0. The highest BCUT2D eigenvalue weighted by Gasteiger charge is 2.37. The van der Waals surface area contributed by atoms with Gasteiger partial charge in [0.15, 0.2) is 0 Å². The summed E-state index contributed by atoms with van der Waals surface area (Å²) in [5.74, 6) is -1.16. The van der Waals surface area contributed by atoms with E-state index in [2.05, 4.69) is 31.3 Å². The van der Waals surface area contributed by atoms with Gasteiger partial charge in [-0.15, -0.1) is 0 Å². The lowest BCUT2D eigenvalue weighted by Gasteiger charge is -2.17. The molecule has 0 bridgehead atoms. The Hall–Kier alpha value is -2.28. The van der Waals surface area contributed by atoms with Crippen molar-refractivity contribution < 1.29 is 19.2 Å². The standard InChI is InChI=1S/C48H85N3O4/c1-3-5-7-9-11-13-15-17-19-21-23-25-27-29-31-33-35-43-41-45(52)50(47(43)54)39-37-49-38-40-51-46(53)42-44(48(51)55)36-34-32-30-28-26-24-22-20-18-16-14-12-10-8-6-4-2/h33-36,43-44,49H,3-32,37-42H2,1-2H3. The molecule has 2 fully saturated rings. The van der Waals surface area contributed by atoms with Crippen LogP contribution in [0.2, 0.25) is 0 Å². The smallest absolute Gasteiger partial charge is 0.236 e. The van der Waals surface area contributed by atoms with Crippen LogP contribution in [0.4, 0.5) is 0 Å². The number of unbranched alkanes of at least 4 members (excludes halogenated alkanes) is 28. The molecule has 2 heterocycles. The van der Waals surface area contributed by atoms with Crippen LogP contribution in [-0.4, -0.2) is 59.6 Å². The normalized spacial score (nSPS) is 17.8. The number of rotatable bonds is 38. The van der Waals surface area contributed by atoms with Gasteiger partial charge in [0.1, 0.15) is 0 Å². The fourth-order valence-corrected chi connectivity index (χ4v) is 8.13. The maximum Gasteiger partial charge on any atom is 0.236 e. The summed E-state index contributed by atoms with van der Waals surface area (Å²) in [6.07, 6.45) is 48.1. The topological polar surface area (TPSA) is 86.8 Å². The Morgan fingerprint density at radius 3 is 1.00 bits per heavy atom. The van der Waals surface area contributed by atoms with Gasteiger partial charge in [-0.2, -0.15) is 0 Å². The molecule has 55 heavy (non-hydrogen) atoms. The first-order valence-corrected chi connectivity index (χ1v) is 23.7. The molecule has 0 saturated carbocycles. The van der Waals surface area contributed by atoms with Crippen molar-refractivity contribution in [2.75, 3.05) is 26.2 Å². The summed E-state index contributed by atoms with van der Waals surface area (Å²) in [6.45, 7) is 6.07. The predicted octanol–water partition coefficient (Wildman–Crippen LogP) is 12.2. The quantitative estimate of drug-likeness (QED) is 0.0384. The Balaban J connectivity index is 1.44. The lowest BCUT2D eigenvalue weighted by molar-refractivity contribution is -0.140. The number of imide groups is 2. The average molecular weight is 768 g/mol. The highest BCUT2D eigenvalue weighted by atomic mass is 16.2. The van der Waals surface area contributed by atoms with Crippen LogP contribution in [0.3, 0.4) is 0 Å². The van der Waals surface area contributed by atoms with Crippen molar-refractivity contribution in [2.24, 2.45) is 11.8 Å². The SMILES string of the molecule is CCCCCCCCCCCCCCCCC=CC1CC(=O)N(CCNCCN2C(=O)CC(C=CCCCCCCCCCCCCCCCC)C2=O)C1=O. The van der Waals surface area contributed by atoms with E-state index in [1.54, 1.807) is 0 Å². The Morgan fingerprint density at radius 2 is 0.709 bits per heavy atom. The van der Waals surface area contributed by atoms with Gasteiger partial charge < -0.3 is 5.32 Å². The Bertz CT molecular complexity index is 989. The molecule has 0 aromatic carbocycles. The van der Waals surface area contributed by atoms with Crippen LogP contribution in [0.1, 0.15) is 219 Å². The van der Waals surface area contributed by atoms with Gasteiger partial charge in [-0.3, -0.25) is 29.0 Å². The second-order valence-corrected chi connectivity index (χ2v) is 16.8. The maximum atomic E-state index is 12.9. The first kappa shape index (κ1) is 48.9. The largest absolute Gasteiger partial charge is 0.313 e.